The summed E-state index contributed by atoms with van der Waals surface area (Å²) >= 11 is 0. The highest BCUT2D eigenvalue weighted by Crippen LogP contribution is 2.16. The Hall–Kier alpha value is -3.02. The fourth-order valence-corrected chi connectivity index (χ4v) is 1.83. The van der Waals surface area contributed by atoms with E-state index in [0.717, 1.165) is 5.56 Å². The van der Waals surface area contributed by atoms with Crippen molar-refractivity contribution < 1.29 is 24.5 Å². The maximum absolute atomic E-state index is 11.7. The monoisotopic (exact) mass is 300 g/mol. The van der Waals surface area contributed by atoms with Gasteiger partial charge in [0.2, 0.25) is 0 Å². The molecule has 6 nitrogen and oxygen atoms in total. The van der Waals surface area contributed by atoms with Gasteiger partial charge in [0.1, 0.15) is 12.4 Å². The highest BCUT2D eigenvalue weighted by atomic mass is 16.5. The number of benzene rings is 2. The van der Waals surface area contributed by atoms with Gasteiger partial charge in [0.05, 0.1) is 12.0 Å². The van der Waals surface area contributed by atoms with E-state index < -0.39 is 18.1 Å². The molecule has 1 amide bonds. The van der Waals surface area contributed by atoms with Gasteiger partial charge in [-0.25, -0.2) is 4.79 Å². The molecule has 0 aromatic heterocycles. The number of carboxylic acids is 1. The first-order valence-corrected chi connectivity index (χ1v) is 6.53. The number of carbonyl (C=O) groups excluding carboxylic acids is 2. The van der Waals surface area contributed by atoms with Crippen LogP contribution in [0.15, 0.2) is 54.6 Å². The van der Waals surface area contributed by atoms with Gasteiger partial charge in [-0.3, -0.25) is 0 Å². The van der Waals surface area contributed by atoms with E-state index in [1.54, 1.807) is 24.3 Å². The minimum absolute atomic E-state index is 0.00694. The lowest BCUT2D eigenvalue weighted by Crippen LogP contribution is -2.41. The van der Waals surface area contributed by atoms with Gasteiger partial charge in [-0.2, -0.15) is 0 Å². The van der Waals surface area contributed by atoms with Crippen LogP contribution in [-0.4, -0.2) is 17.2 Å². The van der Waals surface area contributed by atoms with Crippen LogP contribution in [0.3, 0.4) is 0 Å². The Balaban J connectivity index is 1.97. The molecule has 6 heteroatoms. The lowest BCUT2D eigenvalue weighted by molar-refractivity contribution is -0.308. The smallest absolute Gasteiger partial charge is 0.408 e. The van der Waals surface area contributed by atoms with Crippen molar-refractivity contribution in [3.8, 4) is 5.75 Å². The number of amides is 1. The van der Waals surface area contributed by atoms with Crippen molar-refractivity contribution in [2.24, 2.45) is 0 Å². The summed E-state index contributed by atoms with van der Waals surface area (Å²) in [6.45, 7) is 0.0298. The van der Waals surface area contributed by atoms with Crippen LogP contribution in [0.5, 0.6) is 5.75 Å². The second-order valence-electron chi connectivity index (χ2n) is 4.55. The zero-order chi connectivity index (χ0) is 15.9. The summed E-state index contributed by atoms with van der Waals surface area (Å²) in [6.07, 6.45) is -0.869. The molecule has 2 aromatic rings. The van der Waals surface area contributed by atoms with Crippen LogP contribution < -0.4 is 10.4 Å². The highest BCUT2D eigenvalue weighted by molar-refractivity contribution is 5.80. The molecule has 0 saturated heterocycles. The van der Waals surface area contributed by atoms with Gasteiger partial charge in [-0.1, -0.05) is 42.5 Å². The molecular formula is C16H14NO5-. The molecule has 0 spiro atoms. The number of hydrogen-bond donors (Lipinski definition) is 2. The molecule has 2 aromatic carbocycles. The van der Waals surface area contributed by atoms with Crippen molar-refractivity contribution in [3.63, 3.8) is 0 Å². The van der Waals surface area contributed by atoms with E-state index in [2.05, 4.69) is 5.32 Å². The standard InChI is InChI=1S/C16H15NO5/c18-13-8-6-12(7-9-13)14(15(19)20)17-16(21)22-10-11-4-2-1-3-5-11/h1-9,14,18H,10H2,(H,17,21)(H,19,20)/p-1/t14-/m1/s1. The Morgan fingerprint density at radius 3 is 2.32 bits per heavy atom. The van der Waals surface area contributed by atoms with Crippen molar-refractivity contribution in [2.75, 3.05) is 0 Å². The minimum atomic E-state index is -1.47. The van der Waals surface area contributed by atoms with Crippen molar-refractivity contribution >= 4 is 12.1 Å². The Morgan fingerprint density at radius 2 is 1.73 bits per heavy atom. The molecule has 114 valence electrons. The predicted octanol–water partition coefficient (Wildman–Crippen LogP) is 1.11. The zero-order valence-corrected chi connectivity index (χ0v) is 11.6. The van der Waals surface area contributed by atoms with Gasteiger partial charge in [0.15, 0.2) is 0 Å². The molecule has 0 radical (unpaired) electrons. The number of aromatic hydroxyl groups is 1. The SMILES string of the molecule is O=C(N[C@@H](C(=O)[O-])c1ccc(O)cc1)OCc1ccccc1. The first kappa shape index (κ1) is 15.4. The number of phenols is 1. The fraction of sp³-hybridized carbons (Fsp3) is 0.125. The molecule has 0 heterocycles. The average molecular weight is 300 g/mol. The topological polar surface area (TPSA) is 98.7 Å². The third kappa shape index (κ3) is 4.24. The lowest BCUT2D eigenvalue weighted by Gasteiger charge is -2.20. The number of rotatable bonds is 5. The maximum Gasteiger partial charge on any atom is 0.408 e. The van der Waals surface area contributed by atoms with Gasteiger partial charge >= 0.3 is 6.09 Å². The molecule has 22 heavy (non-hydrogen) atoms. The fourth-order valence-electron chi connectivity index (χ4n) is 1.83. The van der Waals surface area contributed by atoms with Gasteiger partial charge in [-0.05, 0) is 23.3 Å². The second kappa shape index (κ2) is 7.12. The van der Waals surface area contributed by atoms with E-state index in [4.69, 9.17) is 4.74 Å². The third-order valence-corrected chi connectivity index (χ3v) is 2.94. The summed E-state index contributed by atoms with van der Waals surface area (Å²) in [5.74, 6) is -1.48. The van der Waals surface area contributed by atoms with E-state index in [0.29, 0.717) is 0 Å². The first-order chi connectivity index (χ1) is 10.6. The van der Waals surface area contributed by atoms with Gasteiger partial charge < -0.3 is 25.1 Å². The molecule has 0 aliphatic rings. The molecule has 0 aliphatic carbocycles. The average Bonchev–Trinajstić information content (AvgIpc) is 2.52. The number of ether oxygens (including phenoxy) is 1. The lowest BCUT2D eigenvalue weighted by atomic mass is 10.1. The molecule has 1 atom stereocenters. The second-order valence-corrected chi connectivity index (χ2v) is 4.55. The van der Waals surface area contributed by atoms with Crippen LogP contribution in [0, 0.1) is 0 Å². The van der Waals surface area contributed by atoms with Crippen molar-refractivity contribution in [2.45, 2.75) is 12.6 Å². The number of nitrogens with one attached hydrogen (secondary N) is 1. The van der Waals surface area contributed by atoms with E-state index in [1.165, 1.54) is 24.3 Å². The van der Waals surface area contributed by atoms with Crippen LogP contribution in [0.4, 0.5) is 4.79 Å². The number of carbonyl (C=O) groups is 2. The molecular weight excluding hydrogens is 286 g/mol. The number of carboxylic acid groups (broad SMARTS) is 1. The Morgan fingerprint density at radius 1 is 1.09 bits per heavy atom. The number of phenolic OH excluding ortho intramolecular Hbond substituents is 1. The summed E-state index contributed by atoms with van der Waals surface area (Å²) in [6, 6.07) is 13.1. The van der Waals surface area contributed by atoms with E-state index in [-0.39, 0.29) is 17.9 Å². The maximum atomic E-state index is 11.7. The molecule has 0 bridgehead atoms. The molecule has 0 saturated carbocycles. The molecule has 0 aliphatic heterocycles. The van der Waals surface area contributed by atoms with E-state index >= 15 is 0 Å². The van der Waals surface area contributed by atoms with Gasteiger partial charge in [-0.15, -0.1) is 0 Å². The predicted molar refractivity (Wildman–Crippen MR) is 75.6 cm³/mol. The molecule has 2 rings (SSSR count). The first-order valence-electron chi connectivity index (χ1n) is 6.53. The summed E-state index contributed by atoms with van der Waals surface area (Å²) < 4.78 is 4.96. The Bertz CT molecular complexity index is 639. The van der Waals surface area contributed by atoms with Crippen molar-refractivity contribution in [1.82, 2.24) is 5.32 Å². The van der Waals surface area contributed by atoms with Crippen LogP contribution in [-0.2, 0) is 16.1 Å². The molecule has 0 fully saturated rings. The summed E-state index contributed by atoms with van der Waals surface area (Å²) in [5, 5.41) is 22.6. The number of hydrogen-bond acceptors (Lipinski definition) is 5. The number of alkyl carbamates (subject to hydrolysis) is 1. The highest BCUT2D eigenvalue weighted by Gasteiger charge is 2.16. The third-order valence-electron chi connectivity index (χ3n) is 2.94. The van der Waals surface area contributed by atoms with Gasteiger partial charge in [0, 0.05) is 0 Å². The Labute approximate surface area is 127 Å². The largest absolute Gasteiger partial charge is 0.548 e. The molecule has 0 unspecified atom stereocenters. The number of aliphatic carboxylic acids is 1. The normalized spacial score (nSPS) is 11.5. The van der Waals surface area contributed by atoms with Crippen molar-refractivity contribution in [1.29, 1.82) is 0 Å². The quantitative estimate of drug-likeness (QED) is 0.862. The Kier molecular flexibility index (Phi) is 4.98. The van der Waals surface area contributed by atoms with Crippen LogP contribution in [0.25, 0.3) is 0 Å². The van der Waals surface area contributed by atoms with Gasteiger partial charge in [0.25, 0.3) is 0 Å². The van der Waals surface area contributed by atoms with Crippen LogP contribution >= 0.6 is 0 Å². The molecule has 2 N–H and O–H groups in total. The van der Waals surface area contributed by atoms with Crippen molar-refractivity contribution in [3.05, 3.63) is 65.7 Å². The van der Waals surface area contributed by atoms with Crippen LogP contribution in [0.1, 0.15) is 17.2 Å². The van der Waals surface area contributed by atoms with E-state index in [1.807, 2.05) is 6.07 Å². The summed E-state index contributed by atoms with van der Waals surface area (Å²) in [7, 11) is 0. The van der Waals surface area contributed by atoms with E-state index in [9.17, 15) is 19.8 Å². The summed E-state index contributed by atoms with van der Waals surface area (Å²) in [5.41, 5.74) is 1.06. The summed E-state index contributed by atoms with van der Waals surface area (Å²) in [4.78, 5) is 22.8. The van der Waals surface area contributed by atoms with Crippen LogP contribution in [0.2, 0.25) is 0 Å². The zero-order valence-electron chi connectivity index (χ0n) is 11.6. The minimum Gasteiger partial charge on any atom is -0.548 e.